The van der Waals surface area contributed by atoms with Gasteiger partial charge in [-0.25, -0.2) is 0 Å². The summed E-state index contributed by atoms with van der Waals surface area (Å²) in [4.78, 5) is 16.3. The molecule has 0 aliphatic carbocycles. The fourth-order valence-electron chi connectivity index (χ4n) is 3.16. The number of piperidine rings is 1. The van der Waals surface area contributed by atoms with Gasteiger partial charge in [0.1, 0.15) is 0 Å². The Balaban J connectivity index is 1.61. The summed E-state index contributed by atoms with van der Waals surface area (Å²) in [7, 11) is 0. The summed E-state index contributed by atoms with van der Waals surface area (Å²) in [5.74, 6) is 0.362. The number of amides is 1. The van der Waals surface area contributed by atoms with Crippen molar-refractivity contribution in [2.75, 3.05) is 24.5 Å². The summed E-state index contributed by atoms with van der Waals surface area (Å²) >= 11 is 3.52. The molecule has 0 aromatic heterocycles. The van der Waals surface area contributed by atoms with Crippen molar-refractivity contribution in [2.45, 2.75) is 31.7 Å². The summed E-state index contributed by atoms with van der Waals surface area (Å²) in [5, 5.41) is 0. The van der Waals surface area contributed by atoms with Gasteiger partial charge in [0.05, 0.1) is 0 Å². The highest BCUT2D eigenvalue weighted by Crippen LogP contribution is 2.26. The van der Waals surface area contributed by atoms with Crippen LogP contribution in [0.1, 0.15) is 25.7 Å². The lowest BCUT2D eigenvalue weighted by atomic mass is 10.0. The molecule has 1 aromatic carbocycles. The number of carbonyl (C=O) groups is 1. The standard InChI is InChI=1S/C15H19BrN2O/c16-12-3-1-4-14(11-12)17-9-6-13(7-10-17)18-8-2-5-15(18)19/h1,3-4,11,13H,2,5-10H2. The van der Waals surface area contributed by atoms with Crippen molar-refractivity contribution in [3.8, 4) is 0 Å². The van der Waals surface area contributed by atoms with Crippen LogP contribution in [-0.2, 0) is 4.79 Å². The topological polar surface area (TPSA) is 23.6 Å². The van der Waals surface area contributed by atoms with E-state index in [-0.39, 0.29) is 0 Å². The lowest BCUT2D eigenvalue weighted by Gasteiger charge is -2.37. The van der Waals surface area contributed by atoms with E-state index in [1.54, 1.807) is 0 Å². The minimum Gasteiger partial charge on any atom is -0.371 e. The van der Waals surface area contributed by atoms with Gasteiger partial charge in [-0.3, -0.25) is 4.79 Å². The first-order valence-corrected chi connectivity index (χ1v) is 7.83. The molecule has 2 aliphatic rings. The second kappa shape index (κ2) is 5.53. The first-order chi connectivity index (χ1) is 9.24. The van der Waals surface area contributed by atoms with Crippen molar-refractivity contribution in [1.29, 1.82) is 0 Å². The number of rotatable bonds is 2. The maximum Gasteiger partial charge on any atom is 0.222 e. The molecule has 1 amide bonds. The van der Waals surface area contributed by atoms with Crippen molar-refractivity contribution >= 4 is 27.5 Å². The second-order valence-corrected chi connectivity index (χ2v) is 6.30. The normalized spacial score (nSPS) is 21.2. The fraction of sp³-hybridized carbons (Fsp3) is 0.533. The van der Waals surface area contributed by atoms with Gasteiger partial charge in [0, 0.05) is 42.3 Å². The molecule has 0 N–H and O–H groups in total. The van der Waals surface area contributed by atoms with Crippen LogP contribution in [0.2, 0.25) is 0 Å². The predicted molar refractivity (Wildman–Crippen MR) is 80.3 cm³/mol. The Bertz CT molecular complexity index is 469. The zero-order valence-corrected chi connectivity index (χ0v) is 12.6. The van der Waals surface area contributed by atoms with Crippen LogP contribution in [-0.4, -0.2) is 36.5 Å². The van der Waals surface area contributed by atoms with Gasteiger partial charge in [0.15, 0.2) is 0 Å². The number of likely N-dealkylation sites (tertiary alicyclic amines) is 1. The molecule has 2 aliphatic heterocycles. The number of carbonyl (C=O) groups excluding carboxylic acids is 1. The SMILES string of the molecule is O=C1CCCN1C1CCN(c2cccc(Br)c2)CC1. The number of nitrogens with zero attached hydrogens (tertiary/aromatic N) is 2. The van der Waals surface area contributed by atoms with E-state index in [0.29, 0.717) is 11.9 Å². The maximum atomic E-state index is 11.8. The molecule has 1 aromatic rings. The van der Waals surface area contributed by atoms with Crippen LogP contribution in [0, 0.1) is 0 Å². The van der Waals surface area contributed by atoms with Gasteiger partial charge in [-0.15, -0.1) is 0 Å². The van der Waals surface area contributed by atoms with Crippen LogP contribution >= 0.6 is 15.9 Å². The van der Waals surface area contributed by atoms with Gasteiger partial charge < -0.3 is 9.80 Å². The average molecular weight is 323 g/mol. The molecule has 0 spiro atoms. The molecular formula is C15H19BrN2O. The van der Waals surface area contributed by atoms with Crippen LogP contribution in [0.4, 0.5) is 5.69 Å². The molecule has 0 saturated carbocycles. The Morgan fingerprint density at radius 2 is 1.95 bits per heavy atom. The number of hydrogen-bond acceptors (Lipinski definition) is 2. The molecule has 19 heavy (non-hydrogen) atoms. The molecule has 0 radical (unpaired) electrons. The first kappa shape index (κ1) is 13.0. The van der Waals surface area contributed by atoms with E-state index in [9.17, 15) is 4.79 Å². The zero-order valence-electron chi connectivity index (χ0n) is 11.0. The van der Waals surface area contributed by atoms with E-state index in [4.69, 9.17) is 0 Å². The highest BCUT2D eigenvalue weighted by molar-refractivity contribution is 9.10. The largest absolute Gasteiger partial charge is 0.371 e. The van der Waals surface area contributed by atoms with Crippen LogP contribution in [0.15, 0.2) is 28.7 Å². The van der Waals surface area contributed by atoms with Crippen molar-refractivity contribution in [2.24, 2.45) is 0 Å². The fourth-order valence-corrected chi connectivity index (χ4v) is 3.55. The molecule has 102 valence electrons. The van der Waals surface area contributed by atoms with E-state index in [1.807, 2.05) is 0 Å². The van der Waals surface area contributed by atoms with Crippen molar-refractivity contribution in [1.82, 2.24) is 4.90 Å². The number of anilines is 1. The number of benzene rings is 1. The molecule has 2 fully saturated rings. The molecule has 4 heteroatoms. The number of hydrogen-bond donors (Lipinski definition) is 0. The summed E-state index contributed by atoms with van der Waals surface area (Å²) in [6, 6.07) is 8.93. The van der Waals surface area contributed by atoms with Crippen molar-refractivity contribution in [3.63, 3.8) is 0 Å². The third-order valence-electron chi connectivity index (χ3n) is 4.19. The molecule has 0 atom stereocenters. The average Bonchev–Trinajstić information content (AvgIpc) is 2.85. The highest BCUT2D eigenvalue weighted by atomic mass is 79.9. The number of halogens is 1. The molecule has 3 rings (SSSR count). The predicted octanol–water partition coefficient (Wildman–Crippen LogP) is 3.04. The molecule has 0 bridgehead atoms. The van der Waals surface area contributed by atoms with Gasteiger partial charge in [0.2, 0.25) is 5.91 Å². The lowest BCUT2D eigenvalue weighted by Crippen LogP contribution is -2.45. The minimum atomic E-state index is 0.362. The van der Waals surface area contributed by atoms with E-state index in [0.717, 1.165) is 49.8 Å². The van der Waals surface area contributed by atoms with E-state index in [2.05, 4.69) is 50.0 Å². The molecule has 0 unspecified atom stereocenters. The summed E-state index contributed by atoms with van der Waals surface area (Å²) in [5.41, 5.74) is 1.28. The summed E-state index contributed by atoms with van der Waals surface area (Å²) in [6.45, 7) is 3.07. The maximum absolute atomic E-state index is 11.8. The third-order valence-corrected chi connectivity index (χ3v) is 4.68. The van der Waals surface area contributed by atoms with Gasteiger partial charge in [-0.1, -0.05) is 22.0 Å². The molecule has 3 nitrogen and oxygen atoms in total. The van der Waals surface area contributed by atoms with Crippen LogP contribution in [0.3, 0.4) is 0 Å². The first-order valence-electron chi connectivity index (χ1n) is 7.04. The third kappa shape index (κ3) is 2.78. The second-order valence-electron chi connectivity index (χ2n) is 5.39. The highest BCUT2D eigenvalue weighted by Gasteiger charge is 2.30. The zero-order chi connectivity index (χ0) is 13.2. The van der Waals surface area contributed by atoms with Crippen LogP contribution in [0.5, 0.6) is 0 Å². The van der Waals surface area contributed by atoms with E-state index in [1.165, 1.54) is 5.69 Å². The Labute approximate surface area is 122 Å². The van der Waals surface area contributed by atoms with Gasteiger partial charge >= 0.3 is 0 Å². The van der Waals surface area contributed by atoms with Crippen LogP contribution < -0.4 is 4.90 Å². The van der Waals surface area contributed by atoms with Gasteiger partial charge in [0.25, 0.3) is 0 Å². The Kier molecular flexibility index (Phi) is 3.78. The smallest absolute Gasteiger partial charge is 0.222 e. The van der Waals surface area contributed by atoms with Gasteiger partial charge in [-0.05, 0) is 37.5 Å². The monoisotopic (exact) mass is 322 g/mol. The van der Waals surface area contributed by atoms with E-state index < -0.39 is 0 Å². The lowest BCUT2D eigenvalue weighted by molar-refractivity contribution is -0.130. The van der Waals surface area contributed by atoms with Crippen molar-refractivity contribution < 1.29 is 4.79 Å². The van der Waals surface area contributed by atoms with E-state index >= 15 is 0 Å². The Hall–Kier alpha value is -1.03. The molecule has 2 heterocycles. The minimum absolute atomic E-state index is 0.362. The Morgan fingerprint density at radius 3 is 2.58 bits per heavy atom. The molecule has 2 saturated heterocycles. The summed E-state index contributed by atoms with van der Waals surface area (Å²) < 4.78 is 1.13. The van der Waals surface area contributed by atoms with Crippen molar-refractivity contribution in [3.05, 3.63) is 28.7 Å². The van der Waals surface area contributed by atoms with Gasteiger partial charge in [-0.2, -0.15) is 0 Å². The Morgan fingerprint density at radius 1 is 1.16 bits per heavy atom. The van der Waals surface area contributed by atoms with Crippen LogP contribution in [0.25, 0.3) is 0 Å². The quantitative estimate of drug-likeness (QED) is 0.835. The molecular weight excluding hydrogens is 304 g/mol. The summed E-state index contributed by atoms with van der Waals surface area (Å²) in [6.07, 6.45) is 3.99.